The number of carbonyl (C=O) groups excluding carboxylic acids is 4. The number of aliphatic hydroxyl groups is 3. The average Bonchev–Trinajstić information content (AvgIpc) is 2.86. The van der Waals surface area contributed by atoms with Crippen LogP contribution in [-0.4, -0.2) is 63.4 Å². The van der Waals surface area contributed by atoms with Gasteiger partial charge in [0.2, 0.25) is 5.78 Å². The number of amides is 1. The average molecular weight is 519 g/mol. The van der Waals surface area contributed by atoms with Crippen LogP contribution >= 0.6 is 0 Å². The van der Waals surface area contributed by atoms with E-state index in [0.29, 0.717) is 16.8 Å². The van der Waals surface area contributed by atoms with Crippen LogP contribution in [0, 0.1) is 11.8 Å². The molecule has 0 unspecified atom stereocenters. The number of aromatic hydroxyl groups is 1. The van der Waals surface area contributed by atoms with E-state index in [9.17, 15) is 39.6 Å². The monoisotopic (exact) mass is 518 g/mol. The second-order valence-electron chi connectivity index (χ2n) is 10.1. The first kappa shape index (κ1) is 25.2. The number of phenols is 1. The Morgan fingerprint density at radius 2 is 1.71 bits per heavy atom. The molecule has 0 aliphatic heterocycles. The van der Waals surface area contributed by atoms with Crippen LogP contribution in [-0.2, 0) is 16.0 Å². The molecule has 196 valence electrons. The minimum atomic E-state index is -2.65. The maximum atomic E-state index is 13.9. The van der Waals surface area contributed by atoms with E-state index in [1.54, 1.807) is 49.3 Å². The van der Waals surface area contributed by atoms with Crippen LogP contribution < -0.4 is 10.6 Å². The van der Waals surface area contributed by atoms with Gasteiger partial charge in [-0.05, 0) is 30.4 Å². The summed E-state index contributed by atoms with van der Waals surface area (Å²) in [6.45, 7) is 0. The number of anilines is 1. The lowest BCUT2D eigenvalue weighted by atomic mass is 9.60. The largest absolute Gasteiger partial charge is 0.511 e. The molecule has 2 aromatic rings. The highest BCUT2D eigenvalue weighted by Crippen LogP contribution is 2.52. The molecule has 3 aliphatic rings. The number of hydrogen-bond acceptors (Lipinski definition) is 9. The van der Waals surface area contributed by atoms with E-state index in [4.69, 9.17) is 5.73 Å². The number of benzene rings is 2. The molecule has 10 heteroatoms. The number of primary amides is 1. The Morgan fingerprint density at radius 1 is 1.05 bits per heavy atom. The summed E-state index contributed by atoms with van der Waals surface area (Å²) in [6, 6.07) is 9.74. The molecule has 10 nitrogen and oxygen atoms in total. The highest BCUT2D eigenvalue weighted by molar-refractivity contribution is 6.25. The summed E-state index contributed by atoms with van der Waals surface area (Å²) < 4.78 is 0. The summed E-state index contributed by atoms with van der Waals surface area (Å²) in [6.07, 6.45) is -0.123. The molecule has 0 spiro atoms. The van der Waals surface area contributed by atoms with Gasteiger partial charge in [0.25, 0.3) is 5.91 Å². The van der Waals surface area contributed by atoms with E-state index in [1.165, 1.54) is 6.07 Å². The van der Waals surface area contributed by atoms with E-state index < -0.39 is 63.5 Å². The third-order valence-electron chi connectivity index (χ3n) is 7.80. The molecule has 0 aromatic heterocycles. The Bertz CT molecular complexity index is 1500. The lowest BCUT2D eigenvalue weighted by Gasteiger charge is -2.45. The van der Waals surface area contributed by atoms with Crippen molar-refractivity contribution in [3.8, 4) is 5.75 Å². The van der Waals surface area contributed by atoms with Gasteiger partial charge in [0.1, 0.15) is 22.8 Å². The van der Waals surface area contributed by atoms with Crippen molar-refractivity contribution in [2.24, 2.45) is 17.6 Å². The summed E-state index contributed by atoms with van der Waals surface area (Å²) in [5, 5.41) is 44.1. The molecule has 0 bridgehead atoms. The van der Waals surface area contributed by atoms with Crippen molar-refractivity contribution in [1.82, 2.24) is 0 Å². The molecular formula is C28H26N2O8. The van der Waals surface area contributed by atoms with E-state index in [-0.39, 0.29) is 36.0 Å². The molecule has 0 saturated heterocycles. The van der Waals surface area contributed by atoms with Crippen molar-refractivity contribution >= 4 is 28.9 Å². The molecule has 6 N–H and O–H groups in total. The van der Waals surface area contributed by atoms with Crippen molar-refractivity contribution < 1.29 is 39.6 Å². The maximum absolute atomic E-state index is 13.9. The van der Waals surface area contributed by atoms with Gasteiger partial charge in [-0.2, -0.15) is 0 Å². The Labute approximate surface area is 217 Å². The number of hydrogen-bond donors (Lipinski definition) is 5. The lowest BCUT2D eigenvalue weighted by molar-refractivity contribution is -0.144. The fourth-order valence-corrected chi connectivity index (χ4v) is 5.98. The number of carbonyl (C=O) groups is 4. The molecule has 1 amide bonds. The molecule has 0 heterocycles. The van der Waals surface area contributed by atoms with Gasteiger partial charge in [-0.25, -0.2) is 0 Å². The van der Waals surface area contributed by atoms with E-state index >= 15 is 0 Å². The topological polar surface area (TPSA) is 178 Å². The first-order chi connectivity index (χ1) is 17.9. The lowest BCUT2D eigenvalue weighted by Crippen LogP contribution is -2.57. The summed E-state index contributed by atoms with van der Waals surface area (Å²) in [5.41, 5.74) is 2.43. The van der Waals surface area contributed by atoms with Gasteiger partial charge in [0.05, 0.1) is 11.1 Å². The fraction of sp³-hybridized carbons (Fsp3) is 0.286. The van der Waals surface area contributed by atoms with Crippen LogP contribution in [0.25, 0.3) is 0 Å². The number of aliphatic hydroxyl groups excluding tert-OH is 2. The van der Waals surface area contributed by atoms with Crippen LogP contribution in [0.4, 0.5) is 5.69 Å². The van der Waals surface area contributed by atoms with Crippen LogP contribution in [0.1, 0.15) is 44.7 Å². The van der Waals surface area contributed by atoms with Crippen molar-refractivity contribution in [3.63, 3.8) is 0 Å². The number of phenolic OH excluding ortho intramolecular Hbond substituents is 1. The molecule has 0 fully saturated rings. The third kappa shape index (κ3) is 3.37. The Kier molecular flexibility index (Phi) is 5.68. The van der Waals surface area contributed by atoms with Gasteiger partial charge in [0, 0.05) is 43.3 Å². The Hall–Kier alpha value is -4.44. The SMILES string of the molecule is CN(C)c1cc(C(=O)c2ccccc2)c(O)c2c1C[C@H]1C[C@H]3CC(O)=C(C(N)=O)C(=O)[C@@]3(O)C(O)=C1C2=O. The van der Waals surface area contributed by atoms with Crippen molar-refractivity contribution in [2.45, 2.75) is 24.9 Å². The van der Waals surface area contributed by atoms with Crippen LogP contribution in [0.3, 0.4) is 0 Å². The quantitative estimate of drug-likeness (QED) is 0.298. The number of rotatable bonds is 4. The van der Waals surface area contributed by atoms with Gasteiger partial charge in [-0.1, -0.05) is 30.3 Å². The summed E-state index contributed by atoms with van der Waals surface area (Å²) in [4.78, 5) is 53.8. The minimum Gasteiger partial charge on any atom is -0.511 e. The van der Waals surface area contributed by atoms with Gasteiger partial charge in [-0.15, -0.1) is 0 Å². The Balaban J connectivity index is 1.71. The normalized spacial score (nSPS) is 24.5. The zero-order valence-electron chi connectivity index (χ0n) is 20.7. The highest BCUT2D eigenvalue weighted by atomic mass is 16.3. The van der Waals surface area contributed by atoms with Crippen molar-refractivity contribution in [2.75, 3.05) is 19.0 Å². The fourth-order valence-electron chi connectivity index (χ4n) is 5.98. The second kappa shape index (κ2) is 8.56. The molecule has 0 radical (unpaired) electrons. The standard InChI is InChI=1S/C28H26N2O8/c1-30(2)17-11-16(22(32)12-6-4-3-5-7-12)23(33)20-15(17)9-13-8-14-10-18(31)21(27(29)37)26(36)28(14,38)25(35)19(13)24(20)34/h3-7,11,13-14,31,33,35,38H,8-10H2,1-2H3,(H2,29,37)/t13-,14+,28+/m1/s1. The van der Waals surface area contributed by atoms with Gasteiger partial charge >= 0.3 is 0 Å². The van der Waals surface area contributed by atoms with Gasteiger partial charge < -0.3 is 31.1 Å². The second-order valence-corrected chi connectivity index (χ2v) is 10.1. The molecule has 3 atom stereocenters. The van der Waals surface area contributed by atoms with Gasteiger partial charge in [-0.3, -0.25) is 19.2 Å². The first-order valence-electron chi connectivity index (χ1n) is 12.0. The zero-order chi connectivity index (χ0) is 27.7. The van der Waals surface area contributed by atoms with E-state index in [1.807, 2.05) is 0 Å². The first-order valence-corrected chi connectivity index (χ1v) is 12.0. The van der Waals surface area contributed by atoms with Crippen molar-refractivity contribution in [1.29, 1.82) is 0 Å². The van der Waals surface area contributed by atoms with Gasteiger partial charge in [0.15, 0.2) is 17.2 Å². The van der Waals surface area contributed by atoms with Crippen LogP contribution in [0.2, 0.25) is 0 Å². The number of nitrogens with two attached hydrogens (primary N) is 1. The van der Waals surface area contributed by atoms with Crippen LogP contribution in [0.15, 0.2) is 59.1 Å². The minimum absolute atomic E-state index is 0.0290. The summed E-state index contributed by atoms with van der Waals surface area (Å²) in [5.74, 6) is -7.66. The highest BCUT2D eigenvalue weighted by Gasteiger charge is 2.59. The number of allylic oxidation sites excluding steroid dienone is 2. The molecule has 5 rings (SSSR count). The van der Waals surface area contributed by atoms with Crippen molar-refractivity contribution in [3.05, 3.63) is 81.3 Å². The molecule has 3 aliphatic carbocycles. The number of fused-ring (bicyclic) bond motifs is 3. The maximum Gasteiger partial charge on any atom is 0.255 e. The smallest absolute Gasteiger partial charge is 0.255 e. The molecule has 38 heavy (non-hydrogen) atoms. The van der Waals surface area contributed by atoms with E-state index in [0.717, 1.165) is 0 Å². The van der Waals surface area contributed by atoms with E-state index in [2.05, 4.69) is 0 Å². The number of nitrogens with zero attached hydrogens (tertiary/aromatic N) is 1. The number of Topliss-reactive ketones (excluding diaryl/α,β-unsaturated/α-hetero) is 2. The molecular weight excluding hydrogens is 492 g/mol. The third-order valence-corrected chi connectivity index (χ3v) is 7.80. The summed E-state index contributed by atoms with van der Waals surface area (Å²) >= 11 is 0. The predicted octanol–water partition coefficient (Wildman–Crippen LogP) is 1.88. The zero-order valence-corrected chi connectivity index (χ0v) is 20.7. The van der Waals surface area contributed by atoms with Crippen LogP contribution in [0.5, 0.6) is 5.75 Å². The predicted molar refractivity (Wildman–Crippen MR) is 135 cm³/mol. The molecule has 2 aromatic carbocycles. The summed E-state index contributed by atoms with van der Waals surface area (Å²) in [7, 11) is 3.45. The Morgan fingerprint density at radius 3 is 2.32 bits per heavy atom. The number of ketones is 3. The molecule has 0 saturated carbocycles.